The summed E-state index contributed by atoms with van der Waals surface area (Å²) in [5.41, 5.74) is 7.38. The van der Waals surface area contributed by atoms with Gasteiger partial charge in [-0.2, -0.15) is 0 Å². The predicted octanol–water partition coefficient (Wildman–Crippen LogP) is 5.38. The van der Waals surface area contributed by atoms with Crippen LogP contribution in [0.15, 0.2) is 18.2 Å². The van der Waals surface area contributed by atoms with Crippen LogP contribution in [0, 0.1) is 11.8 Å². The Labute approximate surface area is 126 Å². The van der Waals surface area contributed by atoms with Crippen LogP contribution in [0.3, 0.4) is 0 Å². The Morgan fingerprint density at radius 2 is 1.95 bits per heavy atom. The number of hydrogen-bond acceptors (Lipinski definition) is 1. The van der Waals surface area contributed by atoms with E-state index in [2.05, 4.69) is 13.8 Å². The van der Waals surface area contributed by atoms with Gasteiger partial charge in [-0.25, -0.2) is 0 Å². The molecule has 0 radical (unpaired) electrons. The van der Waals surface area contributed by atoms with Gasteiger partial charge in [-0.3, -0.25) is 0 Å². The minimum absolute atomic E-state index is 0.314. The van der Waals surface area contributed by atoms with Crippen LogP contribution in [0.25, 0.3) is 0 Å². The molecule has 2 rings (SSSR count). The molecule has 1 saturated carbocycles. The summed E-state index contributed by atoms with van der Waals surface area (Å²) in [7, 11) is 0. The molecule has 1 nitrogen and oxygen atoms in total. The van der Waals surface area contributed by atoms with Gasteiger partial charge in [0.2, 0.25) is 0 Å². The second kappa shape index (κ2) is 6.03. The first-order chi connectivity index (χ1) is 8.92. The highest BCUT2D eigenvalue weighted by Crippen LogP contribution is 2.41. The maximum atomic E-state index is 6.67. The van der Waals surface area contributed by atoms with Crippen molar-refractivity contribution in [3.63, 3.8) is 0 Å². The van der Waals surface area contributed by atoms with E-state index in [1.54, 1.807) is 0 Å². The lowest BCUT2D eigenvalue weighted by Crippen LogP contribution is -2.36. The SMILES string of the molecule is CC(C)C1CCCC(N)(c2cc(Cl)ccc2Cl)CC1. The highest BCUT2D eigenvalue weighted by molar-refractivity contribution is 6.33. The second-order valence-electron chi connectivity index (χ2n) is 6.22. The fourth-order valence-corrected chi connectivity index (χ4v) is 3.68. The average Bonchev–Trinajstić information content (AvgIpc) is 2.55. The molecule has 1 fully saturated rings. The molecule has 2 atom stereocenters. The van der Waals surface area contributed by atoms with Crippen molar-refractivity contribution in [2.45, 2.75) is 51.5 Å². The van der Waals surface area contributed by atoms with Gasteiger partial charge in [0.15, 0.2) is 0 Å². The Morgan fingerprint density at radius 1 is 1.21 bits per heavy atom. The van der Waals surface area contributed by atoms with Crippen LogP contribution in [0.5, 0.6) is 0 Å². The van der Waals surface area contributed by atoms with Gasteiger partial charge < -0.3 is 5.73 Å². The van der Waals surface area contributed by atoms with Gasteiger partial charge >= 0.3 is 0 Å². The van der Waals surface area contributed by atoms with E-state index in [0.717, 1.165) is 35.3 Å². The van der Waals surface area contributed by atoms with Gasteiger partial charge in [-0.05, 0) is 54.9 Å². The molecule has 0 bridgehead atoms. The van der Waals surface area contributed by atoms with Crippen LogP contribution in [-0.4, -0.2) is 0 Å². The van der Waals surface area contributed by atoms with Crippen molar-refractivity contribution < 1.29 is 0 Å². The molecule has 0 heterocycles. The van der Waals surface area contributed by atoms with Crippen LogP contribution in [0.4, 0.5) is 0 Å². The van der Waals surface area contributed by atoms with Crippen molar-refractivity contribution in [2.24, 2.45) is 17.6 Å². The molecule has 2 N–H and O–H groups in total. The lowest BCUT2D eigenvalue weighted by molar-refractivity contribution is 0.325. The number of nitrogens with two attached hydrogens (primary N) is 1. The zero-order valence-electron chi connectivity index (χ0n) is 11.8. The van der Waals surface area contributed by atoms with E-state index in [0.29, 0.717) is 5.02 Å². The summed E-state index contributed by atoms with van der Waals surface area (Å²) in [5, 5.41) is 1.46. The molecule has 1 aliphatic carbocycles. The average molecular weight is 300 g/mol. The topological polar surface area (TPSA) is 26.0 Å². The van der Waals surface area contributed by atoms with Gasteiger partial charge in [0.05, 0.1) is 0 Å². The summed E-state index contributed by atoms with van der Waals surface area (Å²) in [6.07, 6.45) is 5.61. The Kier molecular flexibility index (Phi) is 4.81. The molecule has 1 aromatic rings. The molecular formula is C16H23Cl2N. The number of benzene rings is 1. The fraction of sp³-hybridized carbons (Fsp3) is 0.625. The predicted molar refractivity (Wildman–Crippen MR) is 83.7 cm³/mol. The number of rotatable bonds is 2. The normalized spacial score (nSPS) is 28.4. The maximum absolute atomic E-state index is 6.67. The van der Waals surface area contributed by atoms with Crippen LogP contribution >= 0.6 is 23.2 Å². The summed E-state index contributed by atoms with van der Waals surface area (Å²) < 4.78 is 0. The summed E-state index contributed by atoms with van der Waals surface area (Å²) in [6, 6.07) is 5.63. The van der Waals surface area contributed by atoms with Crippen LogP contribution in [0.2, 0.25) is 10.0 Å². The quantitative estimate of drug-likeness (QED) is 0.729. The third kappa shape index (κ3) is 3.45. The fourth-order valence-electron chi connectivity index (χ4n) is 3.21. The van der Waals surface area contributed by atoms with E-state index in [-0.39, 0.29) is 5.54 Å². The molecule has 0 saturated heterocycles. The first-order valence-corrected chi connectivity index (χ1v) is 7.92. The van der Waals surface area contributed by atoms with E-state index in [9.17, 15) is 0 Å². The minimum atomic E-state index is -0.314. The summed E-state index contributed by atoms with van der Waals surface area (Å²) in [4.78, 5) is 0. The van der Waals surface area contributed by atoms with Crippen molar-refractivity contribution in [1.29, 1.82) is 0 Å². The van der Waals surface area contributed by atoms with E-state index in [4.69, 9.17) is 28.9 Å². The molecule has 0 aromatic heterocycles. The molecular weight excluding hydrogens is 277 g/mol. The molecule has 0 aliphatic heterocycles. The number of hydrogen-bond donors (Lipinski definition) is 1. The van der Waals surface area contributed by atoms with Crippen molar-refractivity contribution >= 4 is 23.2 Å². The van der Waals surface area contributed by atoms with E-state index >= 15 is 0 Å². The lowest BCUT2D eigenvalue weighted by Gasteiger charge is -2.30. The minimum Gasteiger partial charge on any atom is -0.321 e. The molecule has 0 amide bonds. The van der Waals surface area contributed by atoms with E-state index in [1.807, 2.05) is 18.2 Å². The van der Waals surface area contributed by atoms with Gasteiger partial charge in [0.1, 0.15) is 0 Å². The molecule has 1 aliphatic rings. The standard InChI is InChI=1S/C16H23Cl2N/c1-11(2)12-4-3-8-16(19,9-7-12)14-10-13(17)5-6-15(14)18/h5-6,10-12H,3-4,7-9,19H2,1-2H3. The molecule has 1 aromatic carbocycles. The Hall–Kier alpha value is -0.240. The molecule has 2 unspecified atom stereocenters. The largest absolute Gasteiger partial charge is 0.321 e. The van der Waals surface area contributed by atoms with Gasteiger partial charge in [-0.1, -0.05) is 49.9 Å². The molecule has 3 heteroatoms. The second-order valence-corrected chi connectivity index (χ2v) is 7.06. The van der Waals surface area contributed by atoms with Crippen molar-refractivity contribution in [1.82, 2.24) is 0 Å². The van der Waals surface area contributed by atoms with Gasteiger partial charge in [-0.15, -0.1) is 0 Å². The molecule has 106 valence electrons. The summed E-state index contributed by atoms with van der Waals surface area (Å²) >= 11 is 12.4. The van der Waals surface area contributed by atoms with Crippen LogP contribution in [0.1, 0.15) is 51.5 Å². The van der Waals surface area contributed by atoms with Crippen LogP contribution < -0.4 is 5.73 Å². The first kappa shape index (κ1) is 15.2. The molecule has 0 spiro atoms. The zero-order chi connectivity index (χ0) is 14.0. The van der Waals surface area contributed by atoms with E-state index in [1.165, 1.54) is 19.3 Å². The third-order valence-electron chi connectivity index (χ3n) is 4.57. The third-order valence-corrected chi connectivity index (χ3v) is 5.13. The van der Waals surface area contributed by atoms with Crippen molar-refractivity contribution in [2.75, 3.05) is 0 Å². The summed E-state index contributed by atoms with van der Waals surface area (Å²) in [5.74, 6) is 1.51. The Balaban J connectivity index is 2.25. The lowest BCUT2D eigenvalue weighted by atomic mass is 9.82. The number of halogens is 2. The van der Waals surface area contributed by atoms with Gasteiger partial charge in [0.25, 0.3) is 0 Å². The van der Waals surface area contributed by atoms with Crippen molar-refractivity contribution in [3.8, 4) is 0 Å². The Morgan fingerprint density at radius 3 is 2.63 bits per heavy atom. The van der Waals surface area contributed by atoms with E-state index < -0.39 is 0 Å². The van der Waals surface area contributed by atoms with Gasteiger partial charge in [0, 0.05) is 15.6 Å². The highest BCUT2D eigenvalue weighted by Gasteiger charge is 2.33. The highest BCUT2D eigenvalue weighted by atomic mass is 35.5. The monoisotopic (exact) mass is 299 g/mol. The van der Waals surface area contributed by atoms with Crippen LogP contribution in [-0.2, 0) is 5.54 Å². The Bertz CT molecular complexity index is 444. The zero-order valence-corrected chi connectivity index (χ0v) is 13.3. The maximum Gasteiger partial charge on any atom is 0.0457 e. The molecule has 19 heavy (non-hydrogen) atoms. The smallest absolute Gasteiger partial charge is 0.0457 e. The first-order valence-electron chi connectivity index (χ1n) is 7.17. The summed E-state index contributed by atoms with van der Waals surface area (Å²) in [6.45, 7) is 4.61. The van der Waals surface area contributed by atoms with Crippen molar-refractivity contribution in [3.05, 3.63) is 33.8 Å².